The summed E-state index contributed by atoms with van der Waals surface area (Å²) in [6, 6.07) is 13.5. The average Bonchev–Trinajstić information content (AvgIpc) is 2.92. The van der Waals surface area contributed by atoms with Gasteiger partial charge in [-0.05, 0) is 37.3 Å². The highest BCUT2D eigenvalue weighted by atomic mass is 19.1. The molecule has 3 rings (SSSR count). The van der Waals surface area contributed by atoms with Gasteiger partial charge in [0.15, 0.2) is 5.78 Å². The lowest BCUT2D eigenvalue weighted by Gasteiger charge is -2.10. The topological polar surface area (TPSA) is 64.0 Å². The zero-order valence-electron chi connectivity index (χ0n) is 13.8. The number of nitrogens with one attached hydrogen (secondary N) is 1. The first kappa shape index (κ1) is 16.6. The summed E-state index contributed by atoms with van der Waals surface area (Å²) in [6.07, 6.45) is 0. The van der Waals surface area contributed by atoms with E-state index in [4.69, 9.17) is 0 Å². The molecule has 1 aromatic heterocycles. The van der Waals surface area contributed by atoms with Crippen molar-refractivity contribution in [2.75, 3.05) is 5.32 Å². The highest BCUT2D eigenvalue weighted by Crippen LogP contribution is 2.17. The number of aryl methyl sites for hydroxylation is 2. The molecule has 2 aromatic carbocycles. The van der Waals surface area contributed by atoms with Crippen molar-refractivity contribution in [2.24, 2.45) is 7.05 Å². The molecule has 1 heterocycles. The molecule has 1 N–H and O–H groups in total. The predicted molar refractivity (Wildman–Crippen MR) is 92.2 cm³/mol. The fourth-order valence-electron chi connectivity index (χ4n) is 2.55. The summed E-state index contributed by atoms with van der Waals surface area (Å²) in [5.41, 5.74) is 1.59. The lowest BCUT2D eigenvalue weighted by Crippen LogP contribution is -2.18. The number of amides is 1. The van der Waals surface area contributed by atoms with Crippen molar-refractivity contribution in [1.29, 1.82) is 0 Å². The summed E-state index contributed by atoms with van der Waals surface area (Å²) < 4.78 is 14.6. The molecule has 126 valence electrons. The predicted octanol–water partition coefficient (Wildman–Crippen LogP) is 3.35. The van der Waals surface area contributed by atoms with Crippen LogP contribution in [0.4, 0.5) is 10.2 Å². The first-order chi connectivity index (χ1) is 12.0. The van der Waals surface area contributed by atoms with Crippen molar-refractivity contribution in [3.63, 3.8) is 0 Å². The molecule has 6 heteroatoms. The lowest BCUT2D eigenvalue weighted by atomic mass is 9.98. The van der Waals surface area contributed by atoms with Gasteiger partial charge >= 0.3 is 0 Å². The molecule has 0 radical (unpaired) electrons. The maximum atomic E-state index is 13.1. The molecular formula is C19H16FN3O2. The number of carbonyl (C=O) groups excluding carboxylic acids is 2. The van der Waals surface area contributed by atoms with Gasteiger partial charge in [0.25, 0.3) is 5.91 Å². The molecule has 0 aliphatic rings. The van der Waals surface area contributed by atoms with E-state index in [1.165, 1.54) is 24.3 Å². The van der Waals surface area contributed by atoms with E-state index >= 15 is 0 Å². The lowest BCUT2D eigenvalue weighted by molar-refractivity contribution is 0.0995. The van der Waals surface area contributed by atoms with Gasteiger partial charge in [0.1, 0.15) is 11.6 Å². The quantitative estimate of drug-likeness (QED) is 0.743. The molecule has 0 bridgehead atoms. The van der Waals surface area contributed by atoms with Crippen molar-refractivity contribution in [1.82, 2.24) is 9.78 Å². The van der Waals surface area contributed by atoms with Gasteiger partial charge in [0.05, 0.1) is 11.3 Å². The van der Waals surface area contributed by atoms with E-state index in [0.717, 1.165) is 5.69 Å². The monoisotopic (exact) mass is 337 g/mol. The minimum atomic E-state index is -0.422. The van der Waals surface area contributed by atoms with E-state index in [9.17, 15) is 14.0 Å². The van der Waals surface area contributed by atoms with Gasteiger partial charge in [0.2, 0.25) is 0 Å². The van der Waals surface area contributed by atoms with Crippen LogP contribution in [-0.2, 0) is 7.05 Å². The number of benzene rings is 2. The van der Waals surface area contributed by atoms with Crippen molar-refractivity contribution >= 4 is 17.5 Å². The Balaban J connectivity index is 1.92. The van der Waals surface area contributed by atoms with E-state index in [1.807, 2.05) is 6.92 Å². The Morgan fingerprint density at radius 1 is 1.04 bits per heavy atom. The molecule has 0 saturated heterocycles. The van der Waals surface area contributed by atoms with E-state index in [1.54, 1.807) is 42.1 Å². The minimum Gasteiger partial charge on any atom is -0.307 e. The van der Waals surface area contributed by atoms with Crippen LogP contribution in [0.1, 0.15) is 32.0 Å². The van der Waals surface area contributed by atoms with Gasteiger partial charge in [0, 0.05) is 24.2 Å². The van der Waals surface area contributed by atoms with Crippen molar-refractivity contribution in [3.8, 4) is 0 Å². The van der Waals surface area contributed by atoms with Crippen LogP contribution in [0.15, 0.2) is 54.6 Å². The number of hydrogen-bond acceptors (Lipinski definition) is 3. The zero-order chi connectivity index (χ0) is 18.0. The highest BCUT2D eigenvalue weighted by Gasteiger charge is 2.19. The number of hydrogen-bond donors (Lipinski definition) is 1. The van der Waals surface area contributed by atoms with Crippen molar-refractivity contribution < 1.29 is 14.0 Å². The number of carbonyl (C=O) groups is 2. The van der Waals surface area contributed by atoms with Crippen molar-refractivity contribution in [3.05, 3.63) is 82.8 Å². The minimum absolute atomic E-state index is 0.246. The third kappa shape index (κ3) is 3.47. The van der Waals surface area contributed by atoms with E-state index < -0.39 is 11.7 Å². The second kappa shape index (κ2) is 6.68. The van der Waals surface area contributed by atoms with Crippen LogP contribution < -0.4 is 5.32 Å². The molecular weight excluding hydrogens is 321 g/mol. The van der Waals surface area contributed by atoms with Crippen LogP contribution in [0.2, 0.25) is 0 Å². The summed E-state index contributed by atoms with van der Waals surface area (Å²) in [4.78, 5) is 25.3. The van der Waals surface area contributed by atoms with Crippen molar-refractivity contribution in [2.45, 2.75) is 6.92 Å². The first-order valence-electron chi connectivity index (χ1n) is 7.67. The Kier molecular flexibility index (Phi) is 4.43. The van der Waals surface area contributed by atoms with E-state index in [-0.39, 0.29) is 16.9 Å². The van der Waals surface area contributed by atoms with Crippen LogP contribution in [0.3, 0.4) is 0 Å². The molecule has 0 saturated carbocycles. The second-order valence-electron chi connectivity index (χ2n) is 5.63. The number of ketones is 1. The highest BCUT2D eigenvalue weighted by molar-refractivity contribution is 6.17. The molecule has 0 aliphatic carbocycles. The Morgan fingerprint density at radius 2 is 1.68 bits per heavy atom. The van der Waals surface area contributed by atoms with Crippen LogP contribution in [0.5, 0.6) is 0 Å². The molecule has 0 atom stereocenters. The number of halogens is 1. The Hall–Kier alpha value is -3.28. The van der Waals surface area contributed by atoms with Gasteiger partial charge in [-0.25, -0.2) is 4.39 Å². The summed E-state index contributed by atoms with van der Waals surface area (Å²) >= 11 is 0. The van der Waals surface area contributed by atoms with Gasteiger partial charge < -0.3 is 5.32 Å². The molecule has 0 unspecified atom stereocenters. The van der Waals surface area contributed by atoms with Gasteiger partial charge in [-0.2, -0.15) is 5.10 Å². The molecule has 1 amide bonds. The number of nitrogens with zero attached hydrogens (tertiary/aromatic N) is 2. The third-order valence-corrected chi connectivity index (χ3v) is 3.77. The van der Waals surface area contributed by atoms with Crippen LogP contribution in [-0.4, -0.2) is 21.5 Å². The summed E-state index contributed by atoms with van der Waals surface area (Å²) in [5.74, 6) is -0.637. The molecule has 0 fully saturated rings. The van der Waals surface area contributed by atoms with Crippen LogP contribution in [0, 0.1) is 12.7 Å². The van der Waals surface area contributed by atoms with E-state index in [2.05, 4.69) is 10.4 Å². The Labute approximate surface area is 144 Å². The fourth-order valence-corrected chi connectivity index (χ4v) is 2.55. The van der Waals surface area contributed by atoms with Crippen LogP contribution >= 0.6 is 0 Å². The molecule has 0 aliphatic heterocycles. The maximum absolute atomic E-state index is 13.1. The Bertz CT molecular complexity index is 946. The average molecular weight is 337 g/mol. The zero-order valence-corrected chi connectivity index (χ0v) is 13.8. The van der Waals surface area contributed by atoms with E-state index in [0.29, 0.717) is 11.4 Å². The SMILES string of the molecule is Cc1cc(NC(=O)c2ccccc2C(=O)c2ccc(F)cc2)n(C)n1. The fraction of sp³-hybridized carbons (Fsp3) is 0.105. The standard InChI is InChI=1S/C19H16FN3O2/c1-12-11-17(23(2)22-12)21-19(25)16-6-4-3-5-15(16)18(24)13-7-9-14(20)10-8-13/h3-11H,1-2H3,(H,21,25). The maximum Gasteiger partial charge on any atom is 0.257 e. The third-order valence-electron chi connectivity index (χ3n) is 3.77. The molecule has 0 spiro atoms. The summed E-state index contributed by atoms with van der Waals surface area (Å²) in [5, 5.41) is 6.92. The summed E-state index contributed by atoms with van der Waals surface area (Å²) in [7, 11) is 1.72. The number of rotatable bonds is 4. The Morgan fingerprint density at radius 3 is 2.28 bits per heavy atom. The number of anilines is 1. The molecule has 5 nitrogen and oxygen atoms in total. The first-order valence-corrected chi connectivity index (χ1v) is 7.67. The van der Waals surface area contributed by atoms with Gasteiger partial charge in [-0.15, -0.1) is 0 Å². The smallest absolute Gasteiger partial charge is 0.257 e. The normalized spacial score (nSPS) is 10.5. The van der Waals surface area contributed by atoms with Gasteiger partial charge in [-0.3, -0.25) is 14.3 Å². The van der Waals surface area contributed by atoms with Crippen LogP contribution in [0.25, 0.3) is 0 Å². The molecule has 3 aromatic rings. The summed E-state index contributed by atoms with van der Waals surface area (Å²) in [6.45, 7) is 1.82. The second-order valence-corrected chi connectivity index (χ2v) is 5.63. The number of aromatic nitrogens is 2. The largest absolute Gasteiger partial charge is 0.307 e. The van der Waals surface area contributed by atoms with Gasteiger partial charge in [-0.1, -0.05) is 18.2 Å². The molecule has 25 heavy (non-hydrogen) atoms.